The third-order valence-electron chi connectivity index (χ3n) is 10.6. The first-order valence-electron chi connectivity index (χ1n) is 22.2. The molecule has 0 bridgehead atoms. The Morgan fingerprint density at radius 3 is 1.23 bits per heavy atom. The average molecular weight is 680 g/mol. The Balaban J connectivity index is 3.84. The Hall–Kier alpha value is -0.610. The predicted molar refractivity (Wildman–Crippen MR) is 212 cm³/mol. The second kappa shape index (κ2) is 40.8. The largest absolute Gasteiger partial charge is 0.466 e. The van der Waals surface area contributed by atoms with Crippen LogP contribution in [0.3, 0.4) is 0 Å². The molecule has 0 aliphatic heterocycles. The van der Waals surface area contributed by atoms with Crippen LogP contribution in [0.5, 0.6) is 0 Å². The fourth-order valence-corrected chi connectivity index (χ4v) is 7.26. The van der Waals surface area contributed by atoms with Crippen LogP contribution >= 0.6 is 0 Å². The number of esters is 1. The molecule has 0 amide bonds. The number of hydrogen-bond donors (Lipinski definition) is 1. The van der Waals surface area contributed by atoms with E-state index in [1.165, 1.54) is 193 Å². The van der Waals surface area contributed by atoms with Gasteiger partial charge >= 0.3 is 5.97 Å². The second-order valence-electron chi connectivity index (χ2n) is 15.3. The molecule has 0 aromatic carbocycles. The van der Waals surface area contributed by atoms with E-state index in [1.54, 1.807) is 0 Å². The van der Waals surface area contributed by atoms with Crippen molar-refractivity contribution < 1.29 is 14.6 Å². The zero-order valence-corrected chi connectivity index (χ0v) is 33.4. The van der Waals surface area contributed by atoms with Crippen molar-refractivity contribution in [2.24, 2.45) is 5.92 Å². The number of unbranched alkanes of at least 4 members (excludes halogenated alkanes) is 25. The van der Waals surface area contributed by atoms with E-state index in [-0.39, 0.29) is 12.6 Å². The molecule has 0 unspecified atom stereocenters. The standard InChI is InChI=1S/C44H89NO3/c1-4-7-10-13-20-27-34-43(35-28-21-14-11-8-5-2)36-29-22-17-16-18-24-31-38-45(40-41-46)39-32-25-19-23-30-37-44(47)48-42-33-26-15-12-9-6-3/h43,46H,4-42H2,1-3H3. The number of rotatable bonds is 41. The van der Waals surface area contributed by atoms with Crippen molar-refractivity contribution >= 4 is 5.97 Å². The molecular formula is C44H89NO3. The summed E-state index contributed by atoms with van der Waals surface area (Å²) >= 11 is 0. The van der Waals surface area contributed by atoms with Crippen molar-refractivity contribution in [3.63, 3.8) is 0 Å². The lowest BCUT2D eigenvalue weighted by Crippen LogP contribution is -2.29. The van der Waals surface area contributed by atoms with Crippen molar-refractivity contribution in [1.82, 2.24) is 4.90 Å². The molecule has 0 saturated carbocycles. The molecule has 0 aliphatic rings. The normalized spacial score (nSPS) is 11.7. The van der Waals surface area contributed by atoms with Gasteiger partial charge in [-0.05, 0) is 44.7 Å². The van der Waals surface area contributed by atoms with Crippen LogP contribution in [0.15, 0.2) is 0 Å². The van der Waals surface area contributed by atoms with E-state index in [0.717, 1.165) is 44.8 Å². The summed E-state index contributed by atoms with van der Waals surface area (Å²) in [5.41, 5.74) is 0. The van der Waals surface area contributed by atoms with Crippen LogP contribution in [0.1, 0.15) is 239 Å². The van der Waals surface area contributed by atoms with Gasteiger partial charge in [-0.15, -0.1) is 0 Å². The lowest BCUT2D eigenvalue weighted by molar-refractivity contribution is -0.143. The maximum atomic E-state index is 11.9. The van der Waals surface area contributed by atoms with Crippen LogP contribution < -0.4 is 0 Å². The number of carbonyl (C=O) groups excluding carboxylic acids is 1. The van der Waals surface area contributed by atoms with Crippen molar-refractivity contribution in [3.05, 3.63) is 0 Å². The maximum absolute atomic E-state index is 11.9. The Labute approximate surface area is 302 Å². The van der Waals surface area contributed by atoms with E-state index in [4.69, 9.17) is 4.74 Å². The smallest absolute Gasteiger partial charge is 0.305 e. The van der Waals surface area contributed by atoms with Gasteiger partial charge in [0, 0.05) is 13.0 Å². The average Bonchev–Trinajstić information content (AvgIpc) is 3.09. The highest BCUT2D eigenvalue weighted by Crippen LogP contribution is 2.25. The molecule has 0 atom stereocenters. The molecule has 4 nitrogen and oxygen atoms in total. The minimum Gasteiger partial charge on any atom is -0.466 e. The van der Waals surface area contributed by atoms with Gasteiger partial charge in [0.1, 0.15) is 0 Å². The van der Waals surface area contributed by atoms with Crippen LogP contribution in [0, 0.1) is 5.92 Å². The van der Waals surface area contributed by atoms with Crippen molar-refractivity contribution in [2.75, 3.05) is 32.8 Å². The second-order valence-corrected chi connectivity index (χ2v) is 15.3. The molecule has 1 N–H and O–H groups in total. The fourth-order valence-electron chi connectivity index (χ4n) is 7.26. The molecule has 0 aromatic heterocycles. The lowest BCUT2D eigenvalue weighted by atomic mass is 9.89. The quantitative estimate of drug-likeness (QED) is 0.0516. The Kier molecular flexibility index (Phi) is 40.3. The highest BCUT2D eigenvalue weighted by atomic mass is 16.5. The molecule has 0 saturated heterocycles. The summed E-state index contributed by atoms with van der Waals surface area (Å²) in [6.45, 7) is 10.8. The number of nitrogens with zero attached hydrogens (tertiary/aromatic N) is 1. The molecule has 0 heterocycles. The van der Waals surface area contributed by atoms with Crippen LogP contribution in [0.2, 0.25) is 0 Å². The fraction of sp³-hybridized carbons (Fsp3) is 0.977. The summed E-state index contributed by atoms with van der Waals surface area (Å²) in [6, 6.07) is 0. The Morgan fingerprint density at radius 2 is 0.812 bits per heavy atom. The van der Waals surface area contributed by atoms with Crippen molar-refractivity contribution in [1.29, 1.82) is 0 Å². The van der Waals surface area contributed by atoms with Gasteiger partial charge in [0.2, 0.25) is 0 Å². The van der Waals surface area contributed by atoms with Gasteiger partial charge in [-0.2, -0.15) is 0 Å². The highest BCUT2D eigenvalue weighted by molar-refractivity contribution is 5.69. The maximum Gasteiger partial charge on any atom is 0.305 e. The van der Waals surface area contributed by atoms with Gasteiger partial charge in [0.05, 0.1) is 13.2 Å². The molecule has 0 aliphatic carbocycles. The molecular weight excluding hydrogens is 590 g/mol. The zero-order chi connectivity index (χ0) is 35.0. The Bertz CT molecular complexity index is 596. The number of hydrogen-bond acceptors (Lipinski definition) is 4. The van der Waals surface area contributed by atoms with Crippen LogP contribution in [0.25, 0.3) is 0 Å². The van der Waals surface area contributed by atoms with Crippen molar-refractivity contribution in [2.45, 2.75) is 239 Å². The summed E-state index contributed by atoms with van der Waals surface area (Å²) in [4.78, 5) is 14.4. The van der Waals surface area contributed by atoms with Gasteiger partial charge in [-0.1, -0.05) is 207 Å². The highest BCUT2D eigenvalue weighted by Gasteiger charge is 2.09. The van der Waals surface area contributed by atoms with E-state index < -0.39 is 0 Å². The molecule has 0 spiro atoms. The van der Waals surface area contributed by atoms with Gasteiger partial charge in [-0.3, -0.25) is 4.79 Å². The number of aliphatic hydroxyl groups excluding tert-OH is 1. The number of aliphatic hydroxyl groups is 1. The van der Waals surface area contributed by atoms with E-state index in [1.807, 2.05) is 0 Å². The summed E-state index contributed by atoms with van der Waals surface area (Å²) in [5, 5.41) is 9.55. The summed E-state index contributed by atoms with van der Waals surface area (Å²) < 4.78 is 5.40. The van der Waals surface area contributed by atoms with Crippen LogP contribution in [-0.4, -0.2) is 48.8 Å². The van der Waals surface area contributed by atoms with Crippen molar-refractivity contribution in [3.8, 4) is 0 Å². The minimum absolute atomic E-state index is 0.0103. The predicted octanol–water partition coefficient (Wildman–Crippen LogP) is 13.8. The molecule has 0 rings (SSSR count). The first-order chi connectivity index (χ1) is 23.7. The molecule has 288 valence electrons. The van der Waals surface area contributed by atoms with Gasteiger partial charge in [0.15, 0.2) is 0 Å². The molecule has 4 heteroatoms. The lowest BCUT2D eigenvalue weighted by Gasteiger charge is -2.21. The molecule has 0 aromatic rings. The first kappa shape index (κ1) is 47.4. The molecule has 0 fully saturated rings. The molecule has 48 heavy (non-hydrogen) atoms. The zero-order valence-electron chi connectivity index (χ0n) is 33.4. The summed E-state index contributed by atoms with van der Waals surface area (Å²) in [5.74, 6) is 0.979. The van der Waals surface area contributed by atoms with E-state index >= 15 is 0 Å². The SMILES string of the molecule is CCCCCCCCOC(=O)CCCCCCCN(CCO)CCCCCCCCCC(CCCCCCCC)CCCCCCCC. The van der Waals surface area contributed by atoms with Gasteiger partial charge < -0.3 is 14.7 Å². The number of carbonyl (C=O) groups is 1. The van der Waals surface area contributed by atoms with E-state index in [2.05, 4.69) is 25.7 Å². The number of ether oxygens (including phenoxy) is 1. The topological polar surface area (TPSA) is 49.8 Å². The summed E-state index contributed by atoms with van der Waals surface area (Å²) in [6.07, 6.45) is 44.9. The molecule has 0 radical (unpaired) electrons. The van der Waals surface area contributed by atoms with Crippen LogP contribution in [-0.2, 0) is 9.53 Å². The van der Waals surface area contributed by atoms with Gasteiger partial charge in [0.25, 0.3) is 0 Å². The Morgan fingerprint density at radius 1 is 0.458 bits per heavy atom. The van der Waals surface area contributed by atoms with Crippen LogP contribution in [0.4, 0.5) is 0 Å². The minimum atomic E-state index is -0.0103. The van der Waals surface area contributed by atoms with Gasteiger partial charge in [-0.25, -0.2) is 0 Å². The van der Waals surface area contributed by atoms with E-state index in [0.29, 0.717) is 13.0 Å². The third-order valence-corrected chi connectivity index (χ3v) is 10.6. The first-order valence-corrected chi connectivity index (χ1v) is 22.2. The summed E-state index contributed by atoms with van der Waals surface area (Å²) in [7, 11) is 0. The third kappa shape index (κ3) is 36.7. The van der Waals surface area contributed by atoms with E-state index in [9.17, 15) is 9.90 Å². The monoisotopic (exact) mass is 680 g/mol.